The average molecular weight is 348 g/mol. The summed E-state index contributed by atoms with van der Waals surface area (Å²) < 4.78 is 7.02. The van der Waals surface area contributed by atoms with Gasteiger partial charge in [-0.05, 0) is 54.7 Å². The van der Waals surface area contributed by atoms with Crippen LogP contribution in [0.15, 0.2) is 40.9 Å². The molecule has 0 spiro atoms. The van der Waals surface area contributed by atoms with Gasteiger partial charge >= 0.3 is 0 Å². The van der Waals surface area contributed by atoms with Gasteiger partial charge in [-0.25, -0.2) is 0 Å². The molecule has 112 valence electrons. The molecule has 2 aromatic rings. The van der Waals surface area contributed by atoms with Crippen molar-refractivity contribution < 1.29 is 4.74 Å². The third kappa shape index (κ3) is 3.86. The molecule has 0 amide bonds. The van der Waals surface area contributed by atoms with E-state index in [4.69, 9.17) is 10.5 Å². The number of halogens is 1. The van der Waals surface area contributed by atoms with E-state index in [1.807, 2.05) is 25.1 Å². The fraction of sp³-hybridized carbons (Fsp3) is 0.333. The zero-order valence-electron chi connectivity index (χ0n) is 13.0. The van der Waals surface area contributed by atoms with Crippen LogP contribution in [0.25, 0.3) is 0 Å². The Balaban J connectivity index is 2.30. The predicted molar refractivity (Wildman–Crippen MR) is 92.1 cm³/mol. The predicted octanol–water partition coefficient (Wildman–Crippen LogP) is 5.69. The van der Waals surface area contributed by atoms with Gasteiger partial charge < -0.3 is 10.5 Å². The zero-order valence-corrected chi connectivity index (χ0v) is 14.6. The molecule has 2 nitrogen and oxygen atoms in total. The summed E-state index contributed by atoms with van der Waals surface area (Å²) in [6.45, 7) is 8.40. The van der Waals surface area contributed by atoms with Gasteiger partial charge in [0.05, 0.1) is 0 Å². The van der Waals surface area contributed by atoms with E-state index >= 15 is 0 Å². The Morgan fingerprint density at radius 3 is 2.33 bits per heavy atom. The Hall–Kier alpha value is -1.32. The highest BCUT2D eigenvalue weighted by Crippen LogP contribution is 2.32. The van der Waals surface area contributed by atoms with Gasteiger partial charge in [-0.2, -0.15) is 0 Å². The maximum atomic E-state index is 6.04. The molecule has 0 saturated carbocycles. The lowest BCUT2D eigenvalue weighted by molar-refractivity contribution is 0.477. The monoisotopic (exact) mass is 347 g/mol. The molecule has 0 aliphatic heterocycles. The highest BCUT2D eigenvalue weighted by molar-refractivity contribution is 9.10. The van der Waals surface area contributed by atoms with Crippen LogP contribution in [0.1, 0.15) is 49.4 Å². The third-order valence-corrected chi connectivity index (χ3v) is 4.26. The molecule has 2 rings (SSSR count). The summed E-state index contributed by atoms with van der Waals surface area (Å²) in [5.74, 6) is 2.21. The first-order chi connectivity index (χ1) is 9.88. The zero-order chi connectivity index (χ0) is 15.6. The van der Waals surface area contributed by atoms with Gasteiger partial charge in [-0.15, -0.1) is 0 Å². The minimum atomic E-state index is -0.000528. The number of rotatable bonds is 4. The molecule has 21 heavy (non-hydrogen) atoms. The van der Waals surface area contributed by atoms with E-state index in [-0.39, 0.29) is 6.04 Å². The van der Waals surface area contributed by atoms with Crippen LogP contribution in [0.4, 0.5) is 0 Å². The van der Waals surface area contributed by atoms with E-state index < -0.39 is 0 Å². The maximum Gasteiger partial charge on any atom is 0.130 e. The van der Waals surface area contributed by atoms with Crippen molar-refractivity contribution in [2.75, 3.05) is 0 Å². The van der Waals surface area contributed by atoms with Crippen LogP contribution in [0, 0.1) is 6.92 Å². The molecule has 0 aliphatic rings. The number of benzene rings is 2. The van der Waals surface area contributed by atoms with Gasteiger partial charge in [-0.3, -0.25) is 0 Å². The molecule has 2 N–H and O–H groups in total. The first-order valence-electron chi connectivity index (χ1n) is 7.22. The van der Waals surface area contributed by atoms with Crippen LogP contribution >= 0.6 is 15.9 Å². The molecule has 0 bridgehead atoms. The van der Waals surface area contributed by atoms with E-state index in [9.17, 15) is 0 Å². The summed E-state index contributed by atoms with van der Waals surface area (Å²) in [6, 6.07) is 12.3. The lowest BCUT2D eigenvalue weighted by atomic mass is 10.0. The second kappa shape index (κ2) is 6.63. The Bertz CT molecular complexity index is 635. The summed E-state index contributed by atoms with van der Waals surface area (Å²) in [4.78, 5) is 0. The van der Waals surface area contributed by atoms with Gasteiger partial charge in [-0.1, -0.05) is 48.0 Å². The standard InChI is InChI=1S/C18H22BrNO/c1-11(2)14-6-5-12(3)18(9-14)21-15-7-8-16(13(4)20)17(19)10-15/h5-11,13H,20H2,1-4H3/t13-/m0/s1. The molecule has 3 heteroatoms. The van der Waals surface area contributed by atoms with Gasteiger partial charge in [0.1, 0.15) is 11.5 Å². The Morgan fingerprint density at radius 2 is 1.76 bits per heavy atom. The summed E-state index contributed by atoms with van der Waals surface area (Å²) in [6.07, 6.45) is 0. The summed E-state index contributed by atoms with van der Waals surface area (Å²) in [5, 5.41) is 0. The van der Waals surface area contributed by atoms with Crippen molar-refractivity contribution in [1.82, 2.24) is 0 Å². The van der Waals surface area contributed by atoms with E-state index in [1.54, 1.807) is 0 Å². The average Bonchev–Trinajstić information content (AvgIpc) is 2.40. The summed E-state index contributed by atoms with van der Waals surface area (Å²) in [7, 11) is 0. The summed E-state index contributed by atoms with van der Waals surface area (Å²) >= 11 is 3.56. The first kappa shape index (κ1) is 16.1. The quantitative estimate of drug-likeness (QED) is 0.770. The van der Waals surface area contributed by atoms with E-state index in [2.05, 4.69) is 54.9 Å². The number of hydrogen-bond donors (Lipinski definition) is 1. The van der Waals surface area contributed by atoms with Crippen LogP contribution in [-0.4, -0.2) is 0 Å². The van der Waals surface area contributed by atoms with Crippen molar-refractivity contribution >= 4 is 15.9 Å². The fourth-order valence-corrected chi connectivity index (χ4v) is 2.87. The SMILES string of the molecule is Cc1ccc(C(C)C)cc1Oc1ccc([C@H](C)N)c(Br)c1. The van der Waals surface area contributed by atoms with Crippen molar-refractivity contribution in [3.05, 3.63) is 57.6 Å². The van der Waals surface area contributed by atoms with Gasteiger partial charge in [0.2, 0.25) is 0 Å². The highest BCUT2D eigenvalue weighted by atomic mass is 79.9. The van der Waals surface area contributed by atoms with Crippen molar-refractivity contribution in [2.45, 2.75) is 39.7 Å². The molecule has 0 unspecified atom stereocenters. The van der Waals surface area contributed by atoms with Crippen molar-refractivity contribution in [1.29, 1.82) is 0 Å². The molecular weight excluding hydrogens is 326 g/mol. The Morgan fingerprint density at radius 1 is 1.05 bits per heavy atom. The summed E-state index contributed by atoms with van der Waals surface area (Å²) in [5.41, 5.74) is 9.41. The fourth-order valence-electron chi connectivity index (χ4n) is 2.15. The second-order valence-corrected chi connectivity index (χ2v) is 6.61. The first-order valence-corrected chi connectivity index (χ1v) is 8.01. The molecule has 0 radical (unpaired) electrons. The molecule has 0 aromatic heterocycles. The molecule has 0 fully saturated rings. The van der Waals surface area contributed by atoms with E-state index in [0.29, 0.717) is 5.92 Å². The van der Waals surface area contributed by atoms with Crippen molar-refractivity contribution in [3.8, 4) is 11.5 Å². The third-order valence-electron chi connectivity index (χ3n) is 3.57. The second-order valence-electron chi connectivity index (χ2n) is 5.75. The normalized spacial score (nSPS) is 12.5. The van der Waals surface area contributed by atoms with Crippen LogP contribution in [0.3, 0.4) is 0 Å². The largest absolute Gasteiger partial charge is 0.457 e. The Kier molecular flexibility index (Phi) is 5.07. The molecule has 1 atom stereocenters. The lowest BCUT2D eigenvalue weighted by Crippen LogP contribution is -2.05. The van der Waals surface area contributed by atoms with Crippen LogP contribution < -0.4 is 10.5 Å². The molecule has 0 saturated heterocycles. The molecule has 0 aliphatic carbocycles. The number of nitrogens with two attached hydrogens (primary N) is 1. The topological polar surface area (TPSA) is 35.2 Å². The Labute approximate surface area is 135 Å². The number of aryl methyl sites for hydroxylation is 1. The van der Waals surface area contributed by atoms with Crippen LogP contribution in [0.5, 0.6) is 11.5 Å². The van der Waals surface area contributed by atoms with Crippen LogP contribution in [-0.2, 0) is 0 Å². The van der Waals surface area contributed by atoms with Gasteiger partial charge in [0, 0.05) is 10.5 Å². The molecule has 0 heterocycles. The minimum Gasteiger partial charge on any atom is -0.457 e. The van der Waals surface area contributed by atoms with Gasteiger partial charge in [0.15, 0.2) is 0 Å². The van der Waals surface area contributed by atoms with Gasteiger partial charge in [0.25, 0.3) is 0 Å². The smallest absolute Gasteiger partial charge is 0.130 e. The van der Waals surface area contributed by atoms with E-state index in [0.717, 1.165) is 27.1 Å². The molecular formula is C18H22BrNO. The minimum absolute atomic E-state index is 0.000528. The lowest BCUT2D eigenvalue weighted by Gasteiger charge is -2.14. The maximum absolute atomic E-state index is 6.04. The van der Waals surface area contributed by atoms with Crippen molar-refractivity contribution in [2.24, 2.45) is 5.73 Å². The van der Waals surface area contributed by atoms with Crippen molar-refractivity contribution in [3.63, 3.8) is 0 Å². The number of ether oxygens (including phenoxy) is 1. The van der Waals surface area contributed by atoms with Crippen LogP contribution in [0.2, 0.25) is 0 Å². The van der Waals surface area contributed by atoms with E-state index in [1.165, 1.54) is 5.56 Å². The molecule has 2 aromatic carbocycles. The number of hydrogen-bond acceptors (Lipinski definition) is 2. The highest BCUT2D eigenvalue weighted by Gasteiger charge is 2.09.